The Labute approximate surface area is 132 Å². The van der Waals surface area contributed by atoms with E-state index in [1.807, 2.05) is 12.1 Å². The van der Waals surface area contributed by atoms with Crippen LogP contribution in [0.1, 0.15) is 29.2 Å². The van der Waals surface area contributed by atoms with Crippen LogP contribution < -0.4 is 9.80 Å². The average Bonchev–Trinajstić information content (AvgIpc) is 2.75. The second-order valence-corrected chi connectivity index (χ2v) is 6.12. The first-order valence-electron chi connectivity index (χ1n) is 7.58. The molecule has 112 valence electrons. The lowest BCUT2D eigenvalue weighted by Gasteiger charge is -2.29. The van der Waals surface area contributed by atoms with Gasteiger partial charge in [-0.3, -0.25) is 0 Å². The second kappa shape index (κ2) is 5.06. The highest BCUT2D eigenvalue weighted by Gasteiger charge is 2.34. The summed E-state index contributed by atoms with van der Waals surface area (Å²) in [6.07, 6.45) is 0.185. The van der Waals surface area contributed by atoms with Crippen molar-refractivity contribution in [2.45, 2.75) is 33.9 Å². The summed E-state index contributed by atoms with van der Waals surface area (Å²) in [7, 11) is 2.06. The lowest BCUT2D eigenvalue weighted by Crippen LogP contribution is -2.36. The molecule has 0 N–H and O–H groups in total. The maximum absolute atomic E-state index is 9.40. The van der Waals surface area contributed by atoms with Crippen LogP contribution in [-0.4, -0.2) is 13.2 Å². The lowest BCUT2D eigenvalue weighted by molar-refractivity contribution is 0.732. The Balaban J connectivity index is 2.23. The fraction of sp³-hybridized carbons (Fsp3) is 0.316. The van der Waals surface area contributed by atoms with Crippen molar-refractivity contribution < 1.29 is 0 Å². The van der Waals surface area contributed by atoms with Crippen molar-refractivity contribution in [2.75, 3.05) is 16.8 Å². The Bertz CT molecular complexity index is 786. The molecule has 1 aliphatic heterocycles. The van der Waals surface area contributed by atoms with E-state index < -0.39 is 0 Å². The molecule has 0 radical (unpaired) electrons. The van der Waals surface area contributed by atoms with Gasteiger partial charge in [0.05, 0.1) is 16.9 Å². The molecule has 1 aliphatic rings. The van der Waals surface area contributed by atoms with E-state index in [1.54, 1.807) is 0 Å². The Morgan fingerprint density at radius 2 is 1.68 bits per heavy atom. The maximum Gasteiger partial charge on any atom is 0.103 e. The molecule has 3 rings (SSSR count). The zero-order chi connectivity index (χ0) is 16.0. The minimum Gasteiger partial charge on any atom is -0.351 e. The van der Waals surface area contributed by atoms with Crippen LogP contribution in [0.4, 0.5) is 17.1 Å². The Hall–Kier alpha value is -2.47. The summed E-state index contributed by atoms with van der Waals surface area (Å²) < 4.78 is 0. The molecular weight excluding hydrogens is 270 g/mol. The molecule has 2 aromatic carbocycles. The van der Waals surface area contributed by atoms with E-state index >= 15 is 0 Å². The minimum atomic E-state index is 0.185. The molecule has 1 heterocycles. The molecule has 0 aliphatic carbocycles. The molecule has 0 unspecified atom stereocenters. The molecule has 2 aromatic rings. The van der Waals surface area contributed by atoms with Crippen LogP contribution in [0.2, 0.25) is 0 Å². The molecule has 0 fully saturated rings. The molecule has 3 heteroatoms. The SMILES string of the molecule is Cc1cc(C)c(N2c3cccc(C#N)c3N(C)[C@@H]2C)cc1C. The largest absolute Gasteiger partial charge is 0.351 e. The standard InChI is InChI=1S/C19H21N3/c1-12-9-14(3)18(10-13(12)2)22-15(4)21(5)19-16(11-20)7-6-8-17(19)22/h6-10,15H,1-5H3/t15-/m0/s1. The number of para-hydroxylation sites is 1. The molecular formula is C19H21N3. The highest BCUT2D eigenvalue weighted by Crippen LogP contribution is 2.46. The summed E-state index contributed by atoms with van der Waals surface area (Å²) >= 11 is 0. The summed E-state index contributed by atoms with van der Waals surface area (Å²) in [6.45, 7) is 8.62. The number of anilines is 3. The van der Waals surface area contributed by atoms with Gasteiger partial charge in [-0.15, -0.1) is 0 Å². The van der Waals surface area contributed by atoms with Crippen LogP contribution in [0.3, 0.4) is 0 Å². The lowest BCUT2D eigenvalue weighted by atomic mass is 10.0. The van der Waals surface area contributed by atoms with Gasteiger partial charge in [-0.1, -0.05) is 12.1 Å². The number of benzene rings is 2. The van der Waals surface area contributed by atoms with Gasteiger partial charge in [0.1, 0.15) is 12.2 Å². The Kier molecular flexibility index (Phi) is 3.33. The number of nitrogens with zero attached hydrogens (tertiary/aromatic N) is 3. The van der Waals surface area contributed by atoms with Crippen LogP contribution in [0.15, 0.2) is 30.3 Å². The molecule has 22 heavy (non-hydrogen) atoms. The van der Waals surface area contributed by atoms with Crippen LogP contribution in [0.5, 0.6) is 0 Å². The first-order chi connectivity index (χ1) is 10.5. The van der Waals surface area contributed by atoms with Crippen molar-refractivity contribution in [3.63, 3.8) is 0 Å². The van der Waals surface area contributed by atoms with E-state index in [9.17, 15) is 5.26 Å². The van der Waals surface area contributed by atoms with Crippen molar-refractivity contribution in [3.8, 4) is 6.07 Å². The smallest absolute Gasteiger partial charge is 0.103 e. The van der Waals surface area contributed by atoms with Crippen LogP contribution in [0, 0.1) is 32.1 Å². The van der Waals surface area contributed by atoms with Gasteiger partial charge in [0.25, 0.3) is 0 Å². The highest BCUT2D eigenvalue weighted by molar-refractivity contribution is 5.88. The molecule has 3 nitrogen and oxygen atoms in total. The third kappa shape index (κ3) is 1.95. The van der Waals surface area contributed by atoms with Crippen molar-refractivity contribution >= 4 is 17.1 Å². The molecule has 0 spiro atoms. The monoisotopic (exact) mass is 291 g/mol. The van der Waals surface area contributed by atoms with Gasteiger partial charge in [0.2, 0.25) is 0 Å². The van der Waals surface area contributed by atoms with Crippen LogP contribution in [-0.2, 0) is 0 Å². The third-order valence-corrected chi connectivity index (χ3v) is 4.75. The average molecular weight is 291 g/mol. The normalized spacial score (nSPS) is 16.6. The van der Waals surface area contributed by atoms with Gasteiger partial charge in [0.15, 0.2) is 0 Å². The van der Waals surface area contributed by atoms with Crippen molar-refractivity contribution in [1.82, 2.24) is 0 Å². The van der Waals surface area contributed by atoms with Gasteiger partial charge in [0, 0.05) is 12.7 Å². The zero-order valence-corrected chi connectivity index (χ0v) is 13.8. The molecule has 1 atom stereocenters. The summed E-state index contributed by atoms with van der Waals surface area (Å²) in [6, 6.07) is 12.8. The van der Waals surface area contributed by atoms with Crippen molar-refractivity contribution in [1.29, 1.82) is 5.26 Å². The highest BCUT2D eigenvalue weighted by atomic mass is 15.4. The molecule has 0 amide bonds. The van der Waals surface area contributed by atoms with Gasteiger partial charge in [-0.2, -0.15) is 5.26 Å². The molecule has 0 aromatic heterocycles. The van der Waals surface area contributed by atoms with E-state index in [4.69, 9.17) is 0 Å². The maximum atomic E-state index is 9.40. The number of rotatable bonds is 1. The molecule has 0 saturated carbocycles. The fourth-order valence-electron chi connectivity index (χ4n) is 3.28. The van der Waals surface area contributed by atoms with Gasteiger partial charge in [-0.25, -0.2) is 0 Å². The van der Waals surface area contributed by atoms with Gasteiger partial charge in [-0.05, 0) is 62.6 Å². The first-order valence-corrected chi connectivity index (χ1v) is 7.58. The van der Waals surface area contributed by atoms with Crippen LogP contribution >= 0.6 is 0 Å². The van der Waals surface area contributed by atoms with E-state index in [-0.39, 0.29) is 6.17 Å². The Morgan fingerprint density at radius 1 is 1.00 bits per heavy atom. The summed E-state index contributed by atoms with van der Waals surface area (Å²) in [5.74, 6) is 0. The summed E-state index contributed by atoms with van der Waals surface area (Å²) in [5, 5.41) is 9.40. The van der Waals surface area contributed by atoms with Crippen molar-refractivity contribution in [2.24, 2.45) is 0 Å². The Morgan fingerprint density at radius 3 is 2.36 bits per heavy atom. The zero-order valence-electron chi connectivity index (χ0n) is 13.8. The number of hydrogen-bond acceptors (Lipinski definition) is 3. The predicted octanol–water partition coefficient (Wildman–Crippen LogP) is 4.42. The number of hydrogen-bond donors (Lipinski definition) is 0. The van der Waals surface area contributed by atoms with Crippen LogP contribution in [0.25, 0.3) is 0 Å². The first kappa shape index (κ1) is 14.5. The molecule has 0 bridgehead atoms. The number of aryl methyl sites for hydroxylation is 3. The minimum absolute atomic E-state index is 0.185. The fourth-order valence-corrected chi connectivity index (χ4v) is 3.28. The molecule has 0 saturated heterocycles. The quantitative estimate of drug-likeness (QED) is 0.779. The summed E-state index contributed by atoms with van der Waals surface area (Å²) in [4.78, 5) is 4.51. The number of fused-ring (bicyclic) bond motifs is 1. The number of nitriles is 1. The predicted molar refractivity (Wildman–Crippen MR) is 91.8 cm³/mol. The van der Waals surface area contributed by atoms with E-state index in [2.05, 4.69) is 68.8 Å². The third-order valence-electron chi connectivity index (χ3n) is 4.75. The van der Waals surface area contributed by atoms with Crippen molar-refractivity contribution in [3.05, 3.63) is 52.6 Å². The topological polar surface area (TPSA) is 30.3 Å². The van der Waals surface area contributed by atoms with E-state index in [0.717, 1.165) is 16.9 Å². The van der Waals surface area contributed by atoms with Gasteiger partial charge < -0.3 is 9.80 Å². The second-order valence-electron chi connectivity index (χ2n) is 6.12. The van der Waals surface area contributed by atoms with E-state index in [0.29, 0.717) is 0 Å². The summed E-state index contributed by atoms with van der Waals surface area (Å²) in [5.41, 5.74) is 7.95. The van der Waals surface area contributed by atoms with Gasteiger partial charge >= 0.3 is 0 Å². The van der Waals surface area contributed by atoms with E-state index in [1.165, 1.54) is 22.4 Å².